The van der Waals surface area contributed by atoms with Crippen molar-refractivity contribution in [3.63, 3.8) is 0 Å². The van der Waals surface area contributed by atoms with Crippen molar-refractivity contribution in [2.75, 3.05) is 6.54 Å². The van der Waals surface area contributed by atoms with Crippen LogP contribution in [0.3, 0.4) is 0 Å². The summed E-state index contributed by atoms with van der Waals surface area (Å²) in [4.78, 5) is 17.3. The number of amides is 1. The number of hydrogen-bond acceptors (Lipinski definition) is 3. The van der Waals surface area contributed by atoms with Crippen molar-refractivity contribution in [1.82, 2.24) is 20.1 Å². The Kier molecular flexibility index (Phi) is 5.47. The summed E-state index contributed by atoms with van der Waals surface area (Å²) in [5, 5.41) is 7.72. The number of aromatic nitrogens is 3. The predicted octanol–water partition coefficient (Wildman–Crippen LogP) is 4.22. The number of rotatable bonds is 6. The minimum absolute atomic E-state index is 0.155. The van der Waals surface area contributed by atoms with Crippen LogP contribution in [-0.4, -0.2) is 27.2 Å². The van der Waals surface area contributed by atoms with E-state index in [-0.39, 0.29) is 5.91 Å². The van der Waals surface area contributed by atoms with Gasteiger partial charge in [-0.1, -0.05) is 48.5 Å². The van der Waals surface area contributed by atoms with Crippen molar-refractivity contribution in [3.05, 3.63) is 102 Å². The molecule has 0 spiro atoms. The largest absolute Gasteiger partial charge is 0.350 e. The normalized spacial score (nSPS) is 10.7. The van der Waals surface area contributed by atoms with Gasteiger partial charge in [-0.15, -0.1) is 0 Å². The van der Waals surface area contributed by atoms with Gasteiger partial charge in [-0.2, -0.15) is 5.10 Å². The van der Waals surface area contributed by atoms with Crippen molar-refractivity contribution in [2.45, 2.75) is 13.3 Å². The Morgan fingerprint density at radius 1 is 0.966 bits per heavy atom. The van der Waals surface area contributed by atoms with Crippen LogP contribution in [0, 0.1) is 6.92 Å². The Labute approximate surface area is 170 Å². The fourth-order valence-corrected chi connectivity index (χ4v) is 3.19. The van der Waals surface area contributed by atoms with E-state index in [4.69, 9.17) is 5.10 Å². The molecule has 144 valence electrons. The van der Waals surface area contributed by atoms with Gasteiger partial charge in [0, 0.05) is 30.4 Å². The van der Waals surface area contributed by atoms with Crippen molar-refractivity contribution in [1.29, 1.82) is 0 Å². The Balaban J connectivity index is 1.61. The zero-order valence-corrected chi connectivity index (χ0v) is 16.2. The molecule has 5 nitrogen and oxygen atoms in total. The summed E-state index contributed by atoms with van der Waals surface area (Å²) in [5.74, 6) is -0.155. The van der Waals surface area contributed by atoms with E-state index in [9.17, 15) is 4.79 Å². The molecule has 4 aromatic rings. The summed E-state index contributed by atoms with van der Waals surface area (Å²) in [7, 11) is 0. The SMILES string of the molecule is Cc1cccc(-n2nc(-c3ccccc3)cc2C(=O)NCCc2ccccn2)c1. The Bertz CT molecular complexity index is 1100. The molecule has 0 radical (unpaired) electrons. The minimum atomic E-state index is -0.155. The van der Waals surface area contributed by atoms with Crippen molar-refractivity contribution < 1.29 is 4.79 Å². The van der Waals surface area contributed by atoms with Crippen LogP contribution in [0.2, 0.25) is 0 Å². The molecule has 0 fully saturated rings. The maximum Gasteiger partial charge on any atom is 0.270 e. The fourth-order valence-electron chi connectivity index (χ4n) is 3.19. The zero-order chi connectivity index (χ0) is 20.1. The number of carbonyl (C=O) groups is 1. The highest BCUT2D eigenvalue weighted by atomic mass is 16.2. The van der Waals surface area contributed by atoms with E-state index in [0.717, 1.165) is 28.2 Å². The highest BCUT2D eigenvalue weighted by Gasteiger charge is 2.17. The quantitative estimate of drug-likeness (QED) is 0.543. The predicted molar refractivity (Wildman–Crippen MR) is 114 cm³/mol. The number of nitrogens with one attached hydrogen (secondary N) is 1. The molecule has 0 aliphatic carbocycles. The number of pyridine rings is 1. The van der Waals surface area contributed by atoms with Gasteiger partial charge in [0.25, 0.3) is 5.91 Å². The topological polar surface area (TPSA) is 59.8 Å². The highest BCUT2D eigenvalue weighted by molar-refractivity contribution is 5.94. The lowest BCUT2D eigenvalue weighted by Crippen LogP contribution is -2.28. The molecule has 2 heterocycles. The van der Waals surface area contributed by atoms with Gasteiger partial charge in [0.05, 0.1) is 11.4 Å². The molecular weight excluding hydrogens is 360 g/mol. The number of benzene rings is 2. The molecule has 1 N–H and O–H groups in total. The maximum atomic E-state index is 13.0. The molecule has 0 saturated heterocycles. The lowest BCUT2D eigenvalue weighted by molar-refractivity contribution is 0.0946. The molecule has 0 aliphatic rings. The fraction of sp³-hybridized carbons (Fsp3) is 0.125. The van der Waals surface area contributed by atoms with Gasteiger partial charge in [-0.3, -0.25) is 9.78 Å². The van der Waals surface area contributed by atoms with Crippen LogP contribution in [0.1, 0.15) is 21.7 Å². The number of nitrogens with zero attached hydrogens (tertiary/aromatic N) is 3. The van der Waals surface area contributed by atoms with E-state index in [1.165, 1.54) is 0 Å². The average Bonchev–Trinajstić information content (AvgIpc) is 3.21. The number of aryl methyl sites for hydroxylation is 1. The van der Waals surface area contributed by atoms with Crippen molar-refractivity contribution in [2.24, 2.45) is 0 Å². The molecule has 5 heteroatoms. The van der Waals surface area contributed by atoms with Gasteiger partial charge in [-0.05, 0) is 42.8 Å². The van der Waals surface area contributed by atoms with Gasteiger partial charge in [0.2, 0.25) is 0 Å². The van der Waals surface area contributed by atoms with Crippen LogP contribution < -0.4 is 5.32 Å². The maximum absolute atomic E-state index is 13.0. The van der Waals surface area contributed by atoms with E-state index in [0.29, 0.717) is 18.7 Å². The first kappa shape index (κ1) is 18.6. The summed E-state index contributed by atoms with van der Waals surface area (Å²) < 4.78 is 1.71. The van der Waals surface area contributed by atoms with Gasteiger partial charge < -0.3 is 5.32 Å². The van der Waals surface area contributed by atoms with E-state index in [1.807, 2.05) is 85.8 Å². The molecular formula is C24H22N4O. The van der Waals surface area contributed by atoms with Gasteiger partial charge in [0.1, 0.15) is 5.69 Å². The van der Waals surface area contributed by atoms with Crippen LogP contribution >= 0.6 is 0 Å². The molecule has 29 heavy (non-hydrogen) atoms. The molecule has 0 saturated carbocycles. The van der Waals surface area contributed by atoms with Crippen LogP contribution in [-0.2, 0) is 6.42 Å². The summed E-state index contributed by atoms with van der Waals surface area (Å²) in [6, 6.07) is 25.5. The van der Waals surface area contributed by atoms with E-state index in [1.54, 1.807) is 10.9 Å². The monoisotopic (exact) mass is 382 g/mol. The van der Waals surface area contributed by atoms with Crippen LogP contribution in [0.25, 0.3) is 16.9 Å². The molecule has 2 aromatic carbocycles. The smallest absolute Gasteiger partial charge is 0.270 e. The van der Waals surface area contributed by atoms with Gasteiger partial charge in [0.15, 0.2) is 0 Å². The first-order valence-electron chi connectivity index (χ1n) is 9.61. The average molecular weight is 382 g/mol. The van der Waals surface area contributed by atoms with E-state index < -0.39 is 0 Å². The molecule has 0 aliphatic heterocycles. The molecule has 0 bridgehead atoms. The summed E-state index contributed by atoms with van der Waals surface area (Å²) in [5.41, 5.74) is 5.17. The minimum Gasteiger partial charge on any atom is -0.350 e. The lowest BCUT2D eigenvalue weighted by atomic mass is 10.1. The standard InChI is InChI=1S/C24H22N4O/c1-18-8-7-12-21(16-18)28-23(17-22(27-28)19-9-3-2-4-10-19)24(29)26-15-13-20-11-5-6-14-25-20/h2-12,14,16-17H,13,15H2,1H3,(H,26,29). The Morgan fingerprint density at radius 2 is 1.79 bits per heavy atom. The van der Waals surface area contributed by atoms with Gasteiger partial charge in [-0.25, -0.2) is 4.68 Å². The zero-order valence-electron chi connectivity index (χ0n) is 16.2. The number of hydrogen-bond donors (Lipinski definition) is 1. The van der Waals surface area contributed by atoms with Crippen molar-refractivity contribution >= 4 is 5.91 Å². The van der Waals surface area contributed by atoms with Gasteiger partial charge >= 0.3 is 0 Å². The molecule has 2 aromatic heterocycles. The third-order valence-electron chi connectivity index (χ3n) is 4.65. The Hall–Kier alpha value is -3.73. The highest BCUT2D eigenvalue weighted by Crippen LogP contribution is 2.22. The molecule has 4 rings (SSSR count). The second kappa shape index (κ2) is 8.52. The summed E-state index contributed by atoms with van der Waals surface area (Å²) in [6.45, 7) is 2.53. The second-order valence-corrected chi connectivity index (χ2v) is 6.86. The van der Waals surface area contributed by atoms with Crippen LogP contribution in [0.15, 0.2) is 85.1 Å². The van der Waals surface area contributed by atoms with Crippen LogP contribution in [0.4, 0.5) is 0 Å². The third kappa shape index (κ3) is 4.41. The second-order valence-electron chi connectivity index (χ2n) is 6.86. The van der Waals surface area contributed by atoms with E-state index >= 15 is 0 Å². The third-order valence-corrected chi connectivity index (χ3v) is 4.65. The van der Waals surface area contributed by atoms with Crippen molar-refractivity contribution in [3.8, 4) is 16.9 Å². The van der Waals surface area contributed by atoms with E-state index in [2.05, 4.69) is 10.3 Å². The molecule has 0 atom stereocenters. The first-order chi connectivity index (χ1) is 14.2. The number of carbonyl (C=O) groups excluding carboxylic acids is 1. The lowest BCUT2D eigenvalue weighted by Gasteiger charge is -2.09. The molecule has 1 amide bonds. The first-order valence-corrected chi connectivity index (χ1v) is 9.61. The Morgan fingerprint density at radius 3 is 2.55 bits per heavy atom. The van der Waals surface area contributed by atoms with Crippen LogP contribution in [0.5, 0.6) is 0 Å². The molecule has 0 unspecified atom stereocenters. The summed E-state index contributed by atoms with van der Waals surface area (Å²) in [6.07, 6.45) is 2.44. The summed E-state index contributed by atoms with van der Waals surface area (Å²) >= 11 is 0.